The number of halogens is 2. The molecule has 0 aliphatic carbocycles. The number of piperazine rings is 1. The second-order valence-corrected chi connectivity index (χ2v) is 11.0. The minimum absolute atomic E-state index is 0.153. The Balaban J connectivity index is 1.68. The molecule has 3 heterocycles. The lowest BCUT2D eigenvalue weighted by Gasteiger charge is -2.46. The Morgan fingerprint density at radius 2 is 1.78 bits per heavy atom. The molecule has 0 unspecified atom stereocenters. The van der Waals surface area contributed by atoms with E-state index in [-0.39, 0.29) is 23.0 Å². The van der Waals surface area contributed by atoms with Crippen molar-refractivity contribution in [3.8, 4) is 11.3 Å². The first kappa shape index (κ1) is 28.2. The van der Waals surface area contributed by atoms with E-state index in [9.17, 15) is 14.4 Å². The average Bonchev–Trinajstić information content (AvgIpc) is 3.55. The van der Waals surface area contributed by atoms with E-state index in [1.807, 2.05) is 18.7 Å². The summed E-state index contributed by atoms with van der Waals surface area (Å²) in [7, 11) is 0. The number of nitrogens with zero attached hydrogens (tertiary/aromatic N) is 4. The van der Waals surface area contributed by atoms with Crippen LogP contribution in [-0.4, -0.2) is 62.7 Å². The summed E-state index contributed by atoms with van der Waals surface area (Å²) in [5, 5.41) is 14.7. The van der Waals surface area contributed by atoms with Crippen molar-refractivity contribution >= 4 is 63.8 Å². The standard InChI is InChI=1S/C30H26Cl2N4O5/c1-4-23(37)34-15-16-36(30(2,3)17-34)29-26(27(33-41-29)25-20(31)8-6-9-21(25)32)28(40)35-14-13-19-18(11-12-24(38)39)7-5-10-22(19)35/h4-14H,1,15-17H2,2-3H3,(H,38,39)/b12-11+. The quantitative estimate of drug-likeness (QED) is 0.273. The number of hydrogen-bond donors (Lipinski definition) is 1. The van der Waals surface area contributed by atoms with Crippen molar-refractivity contribution in [3.05, 3.63) is 88.6 Å². The minimum Gasteiger partial charge on any atom is -0.478 e. The third kappa shape index (κ3) is 5.14. The predicted octanol–water partition coefficient (Wildman–Crippen LogP) is 6.00. The summed E-state index contributed by atoms with van der Waals surface area (Å²) < 4.78 is 7.36. The molecule has 0 atom stereocenters. The molecule has 0 radical (unpaired) electrons. The van der Waals surface area contributed by atoms with Crippen LogP contribution in [0, 0.1) is 0 Å². The highest BCUT2D eigenvalue weighted by molar-refractivity contribution is 6.39. The summed E-state index contributed by atoms with van der Waals surface area (Å²) in [6, 6.07) is 12.0. The maximum atomic E-state index is 14.4. The average molecular weight is 593 g/mol. The Bertz CT molecular complexity index is 1720. The number of rotatable bonds is 6. The molecule has 4 aromatic rings. The molecule has 1 amide bonds. The van der Waals surface area contributed by atoms with Gasteiger partial charge in [-0.05, 0) is 55.8 Å². The topological polar surface area (TPSA) is 109 Å². The highest BCUT2D eigenvalue weighted by atomic mass is 35.5. The number of amides is 1. The maximum Gasteiger partial charge on any atom is 0.328 e. The van der Waals surface area contributed by atoms with E-state index >= 15 is 0 Å². The van der Waals surface area contributed by atoms with Gasteiger partial charge in [0.05, 0.1) is 21.1 Å². The summed E-state index contributed by atoms with van der Waals surface area (Å²) in [5.41, 5.74) is 1.26. The molecule has 5 rings (SSSR count). The molecule has 1 aliphatic heterocycles. The van der Waals surface area contributed by atoms with E-state index in [4.69, 9.17) is 32.8 Å². The van der Waals surface area contributed by atoms with Gasteiger partial charge < -0.3 is 19.4 Å². The van der Waals surface area contributed by atoms with Gasteiger partial charge >= 0.3 is 5.97 Å². The van der Waals surface area contributed by atoms with Crippen LogP contribution in [0.2, 0.25) is 10.0 Å². The van der Waals surface area contributed by atoms with Crippen molar-refractivity contribution in [1.82, 2.24) is 14.6 Å². The van der Waals surface area contributed by atoms with Crippen molar-refractivity contribution in [2.45, 2.75) is 19.4 Å². The van der Waals surface area contributed by atoms with Gasteiger partial charge in [-0.1, -0.05) is 53.1 Å². The molecule has 1 fully saturated rings. The molecule has 1 N–H and O–H groups in total. The van der Waals surface area contributed by atoms with Crippen LogP contribution in [0.25, 0.3) is 28.2 Å². The van der Waals surface area contributed by atoms with Gasteiger partial charge in [-0.2, -0.15) is 0 Å². The van der Waals surface area contributed by atoms with Crippen LogP contribution >= 0.6 is 23.2 Å². The molecule has 210 valence electrons. The Kier molecular flexibility index (Phi) is 7.50. The van der Waals surface area contributed by atoms with Crippen molar-refractivity contribution in [1.29, 1.82) is 0 Å². The number of anilines is 1. The summed E-state index contributed by atoms with van der Waals surface area (Å²) in [6.07, 6.45) is 5.42. The highest BCUT2D eigenvalue weighted by Crippen LogP contribution is 2.42. The van der Waals surface area contributed by atoms with Gasteiger partial charge in [-0.25, -0.2) is 4.79 Å². The van der Waals surface area contributed by atoms with Crippen molar-refractivity contribution in [3.63, 3.8) is 0 Å². The summed E-state index contributed by atoms with van der Waals surface area (Å²) in [4.78, 5) is 41.5. The predicted molar refractivity (Wildman–Crippen MR) is 158 cm³/mol. The number of aliphatic carboxylic acids is 1. The van der Waals surface area contributed by atoms with Crippen molar-refractivity contribution in [2.24, 2.45) is 0 Å². The lowest BCUT2D eigenvalue weighted by atomic mass is 9.97. The Morgan fingerprint density at radius 1 is 1.07 bits per heavy atom. The summed E-state index contributed by atoms with van der Waals surface area (Å²) in [6.45, 7) is 8.60. The molecule has 41 heavy (non-hydrogen) atoms. The van der Waals surface area contributed by atoms with E-state index in [0.717, 1.165) is 6.08 Å². The van der Waals surface area contributed by atoms with Crippen LogP contribution in [0.15, 0.2) is 71.9 Å². The Morgan fingerprint density at radius 3 is 2.44 bits per heavy atom. The van der Waals surface area contributed by atoms with Gasteiger partial charge in [0.15, 0.2) is 0 Å². The zero-order chi connectivity index (χ0) is 29.5. The number of aromatic nitrogens is 2. The first-order valence-corrected chi connectivity index (χ1v) is 13.5. The Hall–Kier alpha value is -4.34. The van der Waals surface area contributed by atoms with Gasteiger partial charge in [0, 0.05) is 42.9 Å². The smallest absolute Gasteiger partial charge is 0.328 e. The molecular formula is C30H26Cl2N4O5. The lowest BCUT2D eigenvalue weighted by Crippen LogP contribution is -2.60. The molecule has 0 saturated carbocycles. The molecule has 0 spiro atoms. The highest BCUT2D eigenvalue weighted by Gasteiger charge is 2.41. The third-order valence-corrected chi connectivity index (χ3v) is 7.74. The van der Waals surface area contributed by atoms with Gasteiger partial charge in [0.2, 0.25) is 11.8 Å². The number of fused-ring (bicyclic) bond motifs is 1. The molecular weight excluding hydrogens is 567 g/mol. The number of hydrogen-bond acceptors (Lipinski definition) is 6. The summed E-state index contributed by atoms with van der Waals surface area (Å²) in [5.74, 6) is -1.48. The maximum absolute atomic E-state index is 14.4. The molecule has 0 bridgehead atoms. The SMILES string of the molecule is C=CC(=O)N1CCN(c2onc(-c3c(Cl)cccc3Cl)c2C(=O)n2ccc3c(/C=C/C(=O)O)cccc32)C(C)(C)C1. The van der Waals surface area contributed by atoms with E-state index in [1.54, 1.807) is 53.6 Å². The summed E-state index contributed by atoms with van der Waals surface area (Å²) >= 11 is 13.1. The second-order valence-electron chi connectivity index (χ2n) is 10.2. The van der Waals surface area contributed by atoms with Gasteiger partial charge in [-0.15, -0.1) is 0 Å². The largest absolute Gasteiger partial charge is 0.478 e. The zero-order valence-electron chi connectivity index (χ0n) is 22.3. The number of carboxylic acids is 1. The molecule has 2 aromatic heterocycles. The fourth-order valence-corrected chi connectivity index (χ4v) is 5.77. The first-order chi connectivity index (χ1) is 19.5. The molecule has 1 aliphatic rings. The molecule has 1 saturated heterocycles. The zero-order valence-corrected chi connectivity index (χ0v) is 23.8. The number of carbonyl (C=O) groups excluding carboxylic acids is 2. The minimum atomic E-state index is -1.08. The van der Waals surface area contributed by atoms with E-state index in [2.05, 4.69) is 11.7 Å². The normalized spacial score (nSPS) is 15.0. The number of benzene rings is 2. The second kappa shape index (κ2) is 10.9. The van der Waals surface area contributed by atoms with Crippen LogP contribution in [0.3, 0.4) is 0 Å². The molecule has 2 aromatic carbocycles. The monoisotopic (exact) mass is 592 g/mol. The van der Waals surface area contributed by atoms with E-state index in [0.29, 0.717) is 51.7 Å². The fourth-order valence-electron chi connectivity index (χ4n) is 5.20. The Labute approximate surface area is 245 Å². The van der Waals surface area contributed by atoms with Crippen molar-refractivity contribution < 1.29 is 24.0 Å². The number of carboxylic acid groups (broad SMARTS) is 1. The number of carbonyl (C=O) groups is 3. The lowest BCUT2D eigenvalue weighted by molar-refractivity contribution is -0.131. The molecule has 11 heteroatoms. The van der Waals surface area contributed by atoms with Gasteiger partial charge in [0.1, 0.15) is 11.3 Å². The van der Waals surface area contributed by atoms with Crippen LogP contribution in [0.1, 0.15) is 29.8 Å². The van der Waals surface area contributed by atoms with Crippen LogP contribution in [0.4, 0.5) is 5.88 Å². The van der Waals surface area contributed by atoms with E-state index < -0.39 is 17.4 Å². The van der Waals surface area contributed by atoms with Crippen LogP contribution in [-0.2, 0) is 9.59 Å². The van der Waals surface area contributed by atoms with Crippen LogP contribution < -0.4 is 4.90 Å². The molecule has 9 nitrogen and oxygen atoms in total. The first-order valence-electron chi connectivity index (χ1n) is 12.7. The third-order valence-electron chi connectivity index (χ3n) is 7.11. The van der Waals surface area contributed by atoms with Gasteiger partial charge in [0.25, 0.3) is 5.91 Å². The van der Waals surface area contributed by atoms with Crippen LogP contribution in [0.5, 0.6) is 0 Å². The fraction of sp³-hybridized carbons (Fsp3) is 0.200. The van der Waals surface area contributed by atoms with E-state index in [1.165, 1.54) is 16.7 Å². The van der Waals surface area contributed by atoms with Gasteiger partial charge in [-0.3, -0.25) is 14.2 Å². The van der Waals surface area contributed by atoms with Crippen molar-refractivity contribution in [2.75, 3.05) is 24.5 Å².